The molecule has 1 saturated carbocycles. The monoisotopic (exact) mass is 349 g/mol. The van der Waals surface area contributed by atoms with E-state index in [0.29, 0.717) is 6.42 Å². The van der Waals surface area contributed by atoms with Crippen LogP contribution in [-0.2, 0) is 4.79 Å². The quantitative estimate of drug-likeness (QED) is 0.720. The van der Waals surface area contributed by atoms with Gasteiger partial charge in [0.2, 0.25) is 0 Å². The van der Waals surface area contributed by atoms with Gasteiger partial charge in [0.05, 0.1) is 31.9 Å². The molecule has 1 aromatic carbocycles. The molecule has 2 aliphatic rings. The van der Waals surface area contributed by atoms with E-state index in [-0.39, 0.29) is 24.4 Å². The minimum absolute atomic E-state index is 0.0309. The van der Waals surface area contributed by atoms with E-state index in [1.54, 1.807) is 14.2 Å². The Balaban J connectivity index is 2.07. The Kier molecular flexibility index (Phi) is 5.20. The summed E-state index contributed by atoms with van der Waals surface area (Å²) in [5, 5.41) is 11.3. The van der Waals surface area contributed by atoms with Gasteiger partial charge in [0.1, 0.15) is 17.5 Å². The highest BCUT2D eigenvalue weighted by Crippen LogP contribution is 2.46. The molecule has 3 rings (SSSR count). The Morgan fingerprint density at radius 3 is 2.80 bits per heavy atom. The summed E-state index contributed by atoms with van der Waals surface area (Å²) in [6.07, 6.45) is 4.64. The summed E-state index contributed by atoms with van der Waals surface area (Å²) >= 11 is 0. The van der Waals surface area contributed by atoms with E-state index in [1.807, 2.05) is 18.2 Å². The highest BCUT2D eigenvalue weighted by atomic mass is 16.5. The number of quaternary nitrogens is 1. The number of nitrogens with one attached hydrogen (secondary N) is 1. The van der Waals surface area contributed by atoms with Crippen molar-refractivity contribution in [2.24, 2.45) is 11.7 Å². The number of methoxy groups -OCH3 is 2. The molecule has 6 heteroatoms. The van der Waals surface area contributed by atoms with Gasteiger partial charge >= 0.3 is 0 Å². The second kappa shape index (κ2) is 7.22. The van der Waals surface area contributed by atoms with Crippen molar-refractivity contribution in [1.29, 1.82) is 0 Å². The van der Waals surface area contributed by atoms with Crippen molar-refractivity contribution in [3.8, 4) is 11.5 Å². The SMILES string of the molecule is COc1ccc(OC)c([C@H]2[C@@H]3CCCC[C@]3(O)CC[NH+]2CC(N)=O)c1. The van der Waals surface area contributed by atoms with Crippen molar-refractivity contribution < 1.29 is 24.3 Å². The first kappa shape index (κ1) is 18.0. The molecule has 0 spiro atoms. The van der Waals surface area contributed by atoms with Gasteiger partial charge in [0, 0.05) is 12.3 Å². The standard InChI is InChI=1S/C19H28N2O4/c1-24-13-6-7-16(25-2)14(11-13)18-15-5-3-4-8-19(15,23)9-10-21(18)12-17(20)22/h6-7,11,15,18,23H,3-5,8-10,12H2,1-2H3,(H2,20,22)/p+1/t15-,18-,19-/m0/s1. The maximum absolute atomic E-state index is 11.6. The third-order valence-corrected chi connectivity index (χ3v) is 5.96. The molecule has 4 atom stereocenters. The van der Waals surface area contributed by atoms with Crippen LogP contribution in [0.1, 0.15) is 43.7 Å². The van der Waals surface area contributed by atoms with Crippen LogP contribution in [0.25, 0.3) is 0 Å². The molecule has 1 heterocycles. The summed E-state index contributed by atoms with van der Waals surface area (Å²) in [5.74, 6) is 1.29. The van der Waals surface area contributed by atoms with E-state index in [0.717, 1.165) is 54.2 Å². The van der Waals surface area contributed by atoms with E-state index in [9.17, 15) is 9.90 Å². The molecule has 138 valence electrons. The molecule has 1 saturated heterocycles. The van der Waals surface area contributed by atoms with Crippen LogP contribution in [0, 0.1) is 5.92 Å². The number of carbonyl (C=O) groups is 1. The Morgan fingerprint density at radius 1 is 1.32 bits per heavy atom. The highest BCUT2D eigenvalue weighted by molar-refractivity contribution is 5.74. The van der Waals surface area contributed by atoms with E-state index in [1.165, 1.54) is 0 Å². The molecule has 1 aromatic rings. The maximum Gasteiger partial charge on any atom is 0.272 e. The minimum Gasteiger partial charge on any atom is -0.497 e. The number of hydrogen-bond donors (Lipinski definition) is 3. The lowest BCUT2D eigenvalue weighted by molar-refractivity contribution is -0.937. The van der Waals surface area contributed by atoms with Gasteiger partial charge < -0.3 is 25.2 Å². The van der Waals surface area contributed by atoms with Crippen molar-refractivity contribution in [3.63, 3.8) is 0 Å². The molecule has 1 amide bonds. The summed E-state index contributed by atoms with van der Waals surface area (Å²) in [5.41, 5.74) is 5.83. The van der Waals surface area contributed by atoms with Crippen molar-refractivity contribution >= 4 is 5.91 Å². The Bertz CT molecular complexity index is 636. The fraction of sp³-hybridized carbons (Fsp3) is 0.632. The van der Waals surface area contributed by atoms with Gasteiger partial charge in [-0.05, 0) is 31.0 Å². The number of ether oxygens (including phenoxy) is 2. The summed E-state index contributed by atoms with van der Waals surface area (Å²) in [4.78, 5) is 12.8. The van der Waals surface area contributed by atoms with Crippen LogP contribution in [0.4, 0.5) is 0 Å². The van der Waals surface area contributed by atoms with E-state index < -0.39 is 5.60 Å². The van der Waals surface area contributed by atoms with E-state index in [2.05, 4.69) is 0 Å². The first-order chi connectivity index (χ1) is 12.0. The van der Waals surface area contributed by atoms with E-state index >= 15 is 0 Å². The third-order valence-electron chi connectivity index (χ3n) is 5.96. The molecule has 1 unspecified atom stereocenters. The van der Waals surface area contributed by atoms with Crippen molar-refractivity contribution in [2.45, 2.75) is 43.7 Å². The molecule has 1 aliphatic carbocycles. The first-order valence-electron chi connectivity index (χ1n) is 9.05. The van der Waals surface area contributed by atoms with Crippen LogP contribution in [0.15, 0.2) is 18.2 Å². The van der Waals surface area contributed by atoms with Gasteiger partial charge in [0.15, 0.2) is 6.54 Å². The van der Waals surface area contributed by atoms with Crippen molar-refractivity contribution in [1.82, 2.24) is 0 Å². The Hall–Kier alpha value is -1.79. The second-order valence-electron chi connectivity index (χ2n) is 7.34. The molecule has 4 N–H and O–H groups in total. The number of fused-ring (bicyclic) bond motifs is 1. The number of carbonyl (C=O) groups excluding carboxylic acids is 1. The van der Waals surface area contributed by atoms with Gasteiger partial charge in [-0.2, -0.15) is 0 Å². The van der Waals surface area contributed by atoms with Gasteiger partial charge in [0.25, 0.3) is 5.91 Å². The molecule has 0 aromatic heterocycles. The number of benzene rings is 1. The zero-order valence-electron chi connectivity index (χ0n) is 15.1. The first-order valence-corrected chi connectivity index (χ1v) is 9.05. The zero-order valence-corrected chi connectivity index (χ0v) is 15.1. The second-order valence-corrected chi connectivity index (χ2v) is 7.34. The number of rotatable bonds is 5. The smallest absolute Gasteiger partial charge is 0.272 e. The third kappa shape index (κ3) is 3.46. The number of hydrogen-bond acceptors (Lipinski definition) is 4. The van der Waals surface area contributed by atoms with Crippen LogP contribution in [0.5, 0.6) is 11.5 Å². The lowest BCUT2D eigenvalue weighted by Gasteiger charge is -2.50. The Morgan fingerprint density at radius 2 is 2.12 bits per heavy atom. The summed E-state index contributed by atoms with van der Waals surface area (Å²) in [7, 11) is 3.28. The number of likely N-dealkylation sites (tertiary alicyclic amines) is 1. The lowest BCUT2D eigenvalue weighted by atomic mass is 9.66. The van der Waals surface area contributed by atoms with Crippen LogP contribution in [0.3, 0.4) is 0 Å². The predicted octanol–water partition coefficient (Wildman–Crippen LogP) is 0.440. The molecule has 1 aliphatic heterocycles. The van der Waals surface area contributed by atoms with Crippen LogP contribution >= 0.6 is 0 Å². The minimum atomic E-state index is -0.669. The van der Waals surface area contributed by atoms with Crippen LogP contribution in [-0.4, -0.2) is 43.9 Å². The zero-order chi connectivity index (χ0) is 18.0. The average molecular weight is 349 g/mol. The highest BCUT2D eigenvalue weighted by Gasteiger charge is 2.52. The number of piperidine rings is 1. The largest absolute Gasteiger partial charge is 0.497 e. The molecular weight excluding hydrogens is 320 g/mol. The molecule has 2 fully saturated rings. The lowest BCUT2D eigenvalue weighted by Crippen LogP contribution is -3.16. The Labute approximate surface area is 148 Å². The fourth-order valence-corrected chi connectivity index (χ4v) is 4.80. The molecule has 0 bridgehead atoms. The molecular formula is C19H29N2O4+. The summed E-state index contributed by atoms with van der Waals surface area (Å²) < 4.78 is 11.0. The number of primary amides is 1. The molecule has 0 radical (unpaired) electrons. The normalized spacial score (nSPS) is 31.9. The van der Waals surface area contributed by atoms with Crippen LogP contribution < -0.4 is 20.1 Å². The van der Waals surface area contributed by atoms with Crippen molar-refractivity contribution in [3.05, 3.63) is 23.8 Å². The molecule has 25 heavy (non-hydrogen) atoms. The predicted molar refractivity (Wildman–Crippen MR) is 93.7 cm³/mol. The van der Waals surface area contributed by atoms with Gasteiger partial charge in [-0.15, -0.1) is 0 Å². The molecule has 6 nitrogen and oxygen atoms in total. The fourth-order valence-electron chi connectivity index (χ4n) is 4.80. The van der Waals surface area contributed by atoms with Gasteiger partial charge in [-0.3, -0.25) is 4.79 Å². The number of amides is 1. The summed E-state index contributed by atoms with van der Waals surface area (Å²) in [6, 6.07) is 5.71. The van der Waals surface area contributed by atoms with E-state index in [4.69, 9.17) is 15.2 Å². The number of aliphatic hydroxyl groups is 1. The summed E-state index contributed by atoms with van der Waals surface area (Å²) in [6.45, 7) is 0.985. The van der Waals surface area contributed by atoms with Crippen LogP contribution in [0.2, 0.25) is 0 Å². The average Bonchev–Trinajstić information content (AvgIpc) is 2.60. The topological polar surface area (TPSA) is 86.2 Å². The van der Waals surface area contributed by atoms with Gasteiger partial charge in [-0.1, -0.05) is 12.8 Å². The van der Waals surface area contributed by atoms with Gasteiger partial charge in [-0.25, -0.2) is 0 Å². The number of nitrogens with two attached hydrogens (primary N) is 1. The van der Waals surface area contributed by atoms with Crippen molar-refractivity contribution in [2.75, 3.05) is 27.3 Å². The maximum atomic E-state index is 11.6.